The van der Waals surface area contributed by atoms with E-state index in [9.17, 15) is 4.79 Å². The van der Waals surface area contributed by atoms with E-state index in [0.29, 0.717) is 12.2 Å². The molecule has 1 N–H and O–H groups in total. The first kappa shape index (κ1) is 16.4. The fraction of sp³-hybridized carbons (Fsp3) is 0.167. The molecule has 5 nitrogen and oxygen atoms in total. The highest BCUT2D eigenvalue weighted by Gasteiger charge is 2.19. The Hall–Kier alpha value is -2.47. The quantitative estimate of drug-likeness (QED) is 0.726. The van der Waals surface area contributed by atoms with Crippen molar-refractivity contribution in [3.63, 3.8) is 0 Å². The molecule has 0 bridgehead atoms. The Bertz CT molecular complexity index is 888. The highest BCUT2D eigenvalue weighted by atomic mass is 79.9. The van der Waals surface area contributed by atoms with Gasteiger partial charge in [0.1, 0.15) is 11.5 Å². The van der Waals surface area contributed by atoms with E-state index < -0.39 is 0 Å². The van der Waals surface area contributed by atoms with E-state index in [2.05, 4.69) is 42.4 Å². The smallest absolute Gasteiger partial charge is 0.270 e. The van der Waals surface area contributed by atoms with E-state index in [0.717, 1.165) is 21.3 Å². The molecule has 0 aliphatic carbocycles. The summed E-state index contributed by atoms with van der Waals surface area (Å²) in [6.07, 6.45) is 1.60. The molecule has 3 aromatic rings. The van der Waals surface area contributed by atoms with Gasteiger partial charge in [-0.3, -0.25) is 9.78 Å². The summed E-state index contributed by atoms with van der Waals surface area (Å²) in [5.41, 5.74) is 2.28. The summed E-state index contributed by atoms with van der Waals surface area (Å²) in [5, 5.41) is 2.96. The molecule has 0 saturated carbocycles. The summed E-state index contributed by atoms with van der Waals surface area (Å²) < 4.78 is 2.89. The van der Waals surface area contributed by atoms with E-state index in [1.165, 1.54) is 0 Å². The molecule has 0 aliphatic rings. The summed E-state index contributed by atoms with van der Waals surface area (Å²) in [5.74, 6) is 0.556. The maximum atomic E-state index is 12.3. The molecule has 0 saturated heterocycles. The van der Waals surface area contributed by atoms with E-state index in [-0.39, 0.29) is 11.9 Å². The predicted molar refractivity (Wildman–Crippen MR) is 97.9 cm³/mol. The summed E-state index contributed by atoms with van der Waals surface area (Å²) in [7, 11) is 0. The second-order valence-electron chi connectivity index (χ2n) is 5.47. The van der Waals surface area contributed by atoms with Crippen LogP contribution in [0.3, 0.4) is 0 Å². The molecule has 6 heteroatoms. The minimum atomic E-state index is -0.265. The predicted octanol–water partition coefficient (Wildman–Crippen LogP) is 3.83. The van der Waals surface area contributed by atoms with Crippen LogP contribution in [-0.2, 0) is 6.54 Å². The molecule has 1 atom stereocenters. The van der Waals surface area contributed by atoms with Crippen LogP contribution >= 0.6 is 15.9 Å². The molecule has 1 amide bonds. The van der Waals surface area contributed by atoms with Gasteiger partial charge in [-0.2, -0.15) is 0 Å². The van der Waals surface area contributed by atoms with Crippen molar-refractivity contribution >= 4 is 32.9 Å². The van der Waals surface area contributed by atoms with Crippen molar-refractivity contribution < 1.29 is 4.79 Å². The third-order valence-electron chi connectivity index (χ3n) is 3.65. The fourth-order valence-electron chi connectivity index (χ4n) is 2.59. The molecule has 2 heterocycles. The molecule has 24 heavy (non-hydrogen) atoms. The molecule has 0 spiro atoms. The number of fused-ring (bicyclic) bond motifs is 1. The van der Waals surface area contributed by atoms with E-state index >= 15 is 0 Å². The monoisotopic (exact) mass is 384 g/mol. The van der Waals surface area contributed by atoms with Crippen LogP contribution in [0.5, 0.6) is 0 Å². The number of benzene rings is 1. The number of nitrogens with zero attached hydrogens (tertiary/aromatic N) is 3. The zero-order chi connectivity index (χ0) is 17.1. The van der Waals surface area contributed by atoms with Crippen LogP contribution in [0.15, 0.2) is 59.7 Å². The molecular formula is C18H17BrN4O. The van der Waals surface area contributed by atoms with Crippen LogP contribution < -0.4 is 5.32 Å². The molecule has 0 radical (unpaired) electrons. The molecule has 122 valence electrons. The number of imidazole rings is 1. The zero-order valence-corrected chi connectivity index (χ0v) is 14.8. The highest BCUT2D eigenvalue weighted by Crippen LogP contribution is 2.23. The number of amides is 1. The normalized spacial score (nSPS) is 12.1. The summed E-state index contributed by atoms with van der Waals surface area (Å²) in [6, 6.07) is 12.9. The van der Waals surface area contributed by atoms with Gasteiger partial charge in [0.25, 0.3) is 5.91 Å². The molecule has 1 unspecified atom stereocenters. The third-order valence-corrected chi connectivity index (χ3v) is 3.90. The first-order chi connectivity index (χ1) is 11.6. The van der Waals surface area contributed by atoms with Gasteiger partial charge in [-0.25, -0.2) is 4.98 Å². The van der Waals surface area contributed by atoms with Crippen molar-refractivity contribution in [2.24, 2.45) is 0 Å². The third kappa shape index (κ3) is 3.38. The molecule has 0 fully saturated rings. The Kier molecular flexibility index (Phi) is 4.76. The van der Waals surface area contributed by atoms with Gasteiger partial charge in [-0.15, -0.1) is 0 Å². The van der Waals surface area contributed by atoms with Crippen LogP contribution in [-0.4, -0.2) is 20.4 Å². The van der Waals surface area contributed by atoms with Crippen LogP contribution in [0.1, 0.15) is 29.3 Å². The number of allylic oxidation sites excluding steroid dienone is 1. The minimum absolute atomic E-state index is 0.223. The lowest BCUT2D eigenvalue weighted by Crippen LogP contribution is -2.29. The number of carbonyl (C=O) groups excluding carboxylic acids is 1. The summed E-state index contributed by atoms with van der Waals surface area (Å²) >= 11 is 3.41. The number of nitrogens with one attached hydrogen (secondary N) is 1. The maximum Gasteiger partial charge on any atom is 0.270 e. The van der Waals surface area contributed by atoms with Gasteiger partial charge in [0.2, 0.25) is 0 Å². The lowest BCUT2D eigenvalue weighted by atomic mass is 10.2. The second-order valence-corrected chi connectivity index (χ2v) is 6.59. The largest absolute Gasteiger partial charge is 0.341 e. The molecular weight excluding hydrogens is 368 g/mol. The lowest BCUT2D eigenvalue weighted by molar-refractivity contribution is 0.0932. The minimum Gasteiger partial charge on any atom is -0.341 e. The topological polar surface area (TPSA) is 59.8 Å². The summed E-state index contributed by atoms with van der Waals surface area (Å²) in [4.78, 5) is 21.1. The Morgan fingerprint density at radius 1 is 1.29 bits per heavy atom. The molecule has 0 aliphatic heterocycles. The highest BCUT2D eigenvalue weighted by molar-refractivity contribution is 9.11. The van der Waals surface area contributed by atoms with Crippen molar-refractivity contribution in [2.45, 2.75) is 19.5 Å². The Morgan fingerprint density at radius 3 is 2.75 bits per heavy atom. The molecule has 1 aromatic carbocycles. The molecule has 2 aromatic heterocycles. The number of rotatable bonds is 5. The Morgan fingerprint density at radius 2 is 2.04 bits per heavy atom. The average Bonchev–Trinajstić information content (AvgIpc) is 2.94. The van der Waals surface area contributed by atoms with Gasteiger partial charge >= 0.3 is 0 Å². The van der Waals surface area contributed by atoms with Gasteiger partial charge < -0.3 is 9.88 Å². The number of halogens is 1. The number of pyridine rings is 1. The first-order valence-electron chi connectivity index (χ1n) is 7.56. The Labute approximate surface area is 148 Å². The fourth-order valence-corrected chi connectivity index (χ4v) is 2.85. The number of hydrogen-bond donors (Lipinski definition) is 1. The van der Waals surface area contributed by atoms with Crippen LogP contribution in [0.4, 0.5) is 0 Å². The Balaban J connectivity index is 1.93. The van der Waals surface area contributed by atoms with E-state index in [4.69, 9.17) is 0 Å². The number of aromatic nitrogens is 3. The standard InChI is InChI=1S/C18H17BrN4O/c1-12(19)11-23-16-9-4-3-7-14(16)22-17(23)13(2)21-18(24)15-8-5-6-10-20-15/h3-10,13H,1,11H2,2H3,(H,21,24). The van der Waals surface area contributed by atoms with Crippen molar-refractivity contribution in [1.82, 2.24) is 19.9 Å². The van der Waals surface area contributed by atoms with Crippen molar-refractivity contribution in [3.8, 4) is 0 Å². The van der Waals surface area contributed by atoms with Crippen LogP contribution in [0.25, 0.3) is 11.0 Å². The van der Waals surface area contributed by atoms with Crippen molar-refractivity contribution in [2.75, 3.05) is 0 Å². The van der Waals surface area contributed by atoms with E-state index in [1.807, 2.05) is 31.2 Å². The SMILES string of the molecule is C=C(Br)Cn1c(C(C)NC(=O)c2ccccn2)nc2ccccc21. The van der Waals surface area contributed by atoms with Gasteiger partial charge in [0.15, 0.2) is 0 Å². The zero-order valence-electron chi connectivity index (χ0n) is 13.2. The van der Waals surface area contributed by atoms with Crippen molar-refractivity contribution in [1.29, 1.82) is 0 Å². The van der Waals surface area contributed by atoms with Gasteiger partial charge in [-0.1, -0.05) is 40.7 Å². The van der Waals surface area contributed by atoms with Gasteiger partial charge in [0, 0.05) is 10.7 Å². The first-order valence-corrected chi connectivity index (χ1v) is 8.36. The van der Waals surface area contributed by atoms with E-state index in [1.54, 1.807) is 24.4 Å². The van der Waals surface area contributed by atoms with Crippen molar-refractivity contribution in [3.05, 3.63) is 71.2 Å². The number of hydrogen-bond acceptors (Lipinski definition) is 3. The van der Waals surface area contributed by atoms with Crippen LogP contribution in [0.2, 0.25) is 0 Å². The summed E-state index contributed by atoms with van der Waals surface area (Å²) in [6.45, 7) is 6.41. The van der Waals surface area contributed by atoms with Gasteiger partial charge in [0.05, 0.1) is 23.6 Å². The second kappa shape index (κ2) is 6.97. The lowest BCUT2D eigenvalue weighted by Gasteiger charge is -2.16. The number of para-hydroxylation sites is 2. The van der Waals surface area contributed by atoms with Gasteiger partial charge in [-0.05, 0) is 31.2 Å². The number of carbonyl (C=O) groups is 1. The average molecular weight is 385 g/mol. The molecule has 3 rings (SSSR count). The maximum absolute atomic E-state index is 12.3. The van der Waals surface area contributed by atoms with Crippen LogP contribution in [0, 0.1) is 0 Å².